The molecule has 23 heavy (non-hydrogen) atoms. The smallest absolute Gasteiger partial charge is 0.191 e. The van der Waals surface area contributed by atoms with Crippen molar-refractivity contribution in [2.24, 2.45) is 10.9 Å². The summed E-state index contributed by atoms with van der Waals surface area (Å²) < 4.78 is 5.76. The van der Waals surface area contributed by atoms with Crippen LogP contribution in [0.5, 0.6) is 0 Å². The third-order valence-electron chi connectivity index (χ3n) is 3.22. The molecule has 0 bridgehead atoms. The van der Waals surface area contributed by atoms with E-state index in [-0.39, 0.29) is 29.5 Å². The number of aliphatic imine (C=N–C) groups is 1. The third kappa shape index (κ3) is 15.2. The summed E-state index contributed by atoms with van der Waals surface area (Å²) >= 11 is 0. The number of rotatable bonds is 10. The van der Waals surface area contributed by atoms with Crippen molar-refractivity contribution in [2.45, 2.75) is 66.5 Å². The Labute approximate surface area is 160 Å². The zero-order valence-electron chi connectivity index (χ0n) is 16.2. The van der Waals surface area contributed by atoms with Crippen LogP contribution in [-0.2, 0) is 4.74 Å². The van der Waals surface area contributed by atoms with Crippen LogP contribution in [0.25, 0.3) is 0 Å². The Morgan fingerprint density at radius 3 is 2.22 bits per heavy atom. The molecule has 0 amide bonds. The molecule has 6 heteroatoms. The molecule has 140 valence electrons. The maximum absolute atomic E-state index is 5.76. The van der Waals surface area contributed by atoms with Gasteiger partial charge in [-0.05, 0) is 47.0 Å². The first-order valence-corrected chi connectivity index (χ1v) is 8.69. The zero-order valence-corrected chi connectivity index (χ0v) is 18.5. The number of nitrogens with one attached hydrogen (secondary N) is 3. The van der Waals surface area contributed by atoms with Gasteiger partial charge in [-0.2, -0.15) is 0 Å². The summed E-state index contributed by atoms with van der Waals surface area (Å²) in [5.41, 5.74) is 0.152. The molecule has 0 rings (SSSR count). The molecule has 1 atom stereocenters. The van der Waals surface area contributed by atoms with Gasteiger partial charge in [0, 0.05) is 38.3 Å². The second kappa shape index (κ2) is 14.3. The van der Waals surface area contributed by atoms with Gasteiger partial charge in [0.05, 0.1) is 6.10 Å². The van der Waals surface area contributed by atoms with E-state index < -0.39 is 0 Å². The van der Waals surface area contributed by atoms with E-state index in [1.54, 1.807) is 0 Å². The van der Waals surface area contributed by atoms with E-state index in [2.05, 4.69) is 62.5 Å². The SMILES string of the molecule is CCNC(=NCCC(OCC)C(C)C)NCCNC(C)(C)C.I. The summed E-state index contributed by atoms with van der Waals surface area (Å²) in [6.45, 7) is 19.3. The fourth-order valence-corrected chi connectivity index (χ4v) is 2.09. The molecule has 0 heterocycles. The lowest BCUT2D eigenvalue weighted by Gasteiger charge is -2.21. The molecule has 0 aromatic carbocycles. The average molecular weight is 442 g/mol. The van der Waals surface area contributed by atoms with Gasteiger partial charge in [-0.1, -0.05) is 13.8 Å². The van der Waals surface area contributed by atoms with E-state index in [4.69, 9.17) is 4.74 Å². The molecule has 0 saturated heterocycles. The van der Waals surface area contributed by atoms with Crippen LogP contribution in [0.3, 0.4) is 0 Å². The quantitative estimate of drug-likeness (QED) is 0.211. The number of ether oxygens (including phenoxy) is 1. The number of hydrogen-bond donors (Lipinski definition) is 3. The first kappa shape index (κ1) is 25.2. The number of guanidine groups is 1. The van der Waals surface area contributed by atoms with Crippen molar-refractivity contribution in [3.8, 4) is 0 Å². The molecular formula is C17H39IN4O. The molecule has 0 aliphatic carbocycles. The maximum Gasteiger partial charge on any atom is 0.191 e. The Kier molecular flexibility index (Phi) is 15.6. The van der Waals surface area contributed by atoms with Crippen molar-refractivity contribution in [1.82, 2.24) is 16.0 Å². The van der Waals surface area contributed by atoms with Gasteiger partial charge < -0.3 is 20.7 Å². The van der Waals surface area contributed by atoms with E-state index in [0.717, 1.165) is 45.2 Å². The molecule has 1 unspecified atom stereocenters. The number of nitrogens with zero attached hydrogens (tertiary/aromatic N) is 1. The standard InChI is InChI=1S/C17H38N4O.HI/c1-8-18-16(20-12-13-21-17(5,6)7)19-11-10-15(14(3)4)22-9-2;/h14-15,21H,8-13H2,1-7H3,(H2,18,19,20);1H. The predicted molar refractivity (Wildman–Crippen MR) is 112 cm³/mol. The van der Waals surface area contributed by atoms with E-state index in [0.29, 0.717) is 12.0 Å². The van der Waals surface area contributed by atoms with Crippen molar-refractivity contribution in [1.29, 1.82) is 0 Å². The van der Waals surface area contributed by atoms with Gasteiger partial charge in [0.2, 0.25) is 0 Å². The van der Waals surface area contributed by atoms with Gasteiger partial charge in [-0.25, -0.2) is 0 Å². The number of halogens is 1. The fourth-order valence-electron chi connectivity index (χ4n) is 2.09. The minimum Gasteiger partial charge on any atom is -0.378 e. The molecule has 0 aromatic rings. The van der Waals surface area contributed by atoms with Crippen LogP contribution in [0.2, 0.25) is 0 Å². The Morgan fingerprint density at radius 1 is 1.09 bits per heavy atom. The van der Waals surface area contributed by atoms with Gasteiger partial charge in [-0.3, -0.25) is 4.99 Å². The summed E-state index contributed by atoms with van der Waals surface area (Å²) in [5.74, 6) is 1.42. The van der Waals surface area contributed by atoms with E-state index in [1.165, 1.54) is 0 Å². The summed E-state index contributed by atoms with van der Waals surface area (Å²) in [6, 6.07) is 0. The first-order chi connectivity index (χ1) is 10.3. The zero-order chi connectivity index (χ0) is 17.0. The fraction of sp³-hybridized carbons (Fsp3) is 0.941. The van der Waals surface area contributed by atoms with Crippen molar-refractivity contribution in [2.75, 3.05) is 32.8 Å². The van der Waals surface area contributed by atoms with Crippen molar-refractivity contribution >= 4 is 29.9 Å². The maximum atomic E-state index is 5.76. The lowest BCUT2D eigenvalue weighted by molar-refractivity contribution is 0.0266. The van der Waals surface area contributed by atoms with Gasteiger partial charge in [0.15, 0.2) is 5.96 Å². The summed E-state index contributed by atoms with van der Waals surface area (Å²) in [6.07, 6.45) is 1.25. The van der Waals surface area contributed by atoms with E-state index in [1.807, 2.05) is 6.92 Å². The highest BCUT2D eigenvalue weighted by molar-refractivity contribution is 14.0. The topological polar surface area (TPSA) is 57.7 Å². The largest absolute Gasteiger partial charge is 0.378 e. The highest BCUT2D eigenvalue weighted by atomic mass is 127. The first-order valence-electron chi connectivity index (χ1n) is 8.69. The molecule has 0 saturated carbocycles. The molecule has 0 aliphatic rings. The highest BCUT2D eigenvalue weighted by Crippen LogP contribution is 2.10. The van der Waals surface area contributed by atoms with Gasteiger partial charge in [0.1, 0.15) is 0 Å². The molecular weight excluding hydrogens is 403 g/mol. The number of hydrogen-bond acceptors (Lipinski definition) is 3. The Balaban J connectivity index is 0. The minimum absolute atomic E-state index is 0. The van der Waals surface area contributed by atoms with Gasteiger partial charge in [0.25, 0.3) is 0 Å². The lowest BCUT2D eigenvalue weighted by Crippen LogP contribution is -2.44. The molecule has 3 N–H and O–H groups in total. The van der Waals surface area contributed by atoms with E-state index >= 15 is 0 Å². The normalized spacial score (nSPS) is 13.7. The minimum atomic E-state index is 0. The van der Waals surface area contributed by atoms with Crippen LogP contribution in [0, 0.1) is 5.92 Å². The molecule has 0 fully saturated rings. The Bertz CT molecular complexity index is 303. The summed E-state index contributed by atoms with van der Waals surface area (Å²) in [7, 11) is 0. The third-order valence-corrected chi connectivity index (χ3v) is 3.22. The van der Waals surface area contributed by atoms with Gasteiger partial charge >= 0.3 is 0 Å². The van der Waals surface area contributed by atoms with E-state index in [9.17, 15) is 0 Å². The molecule has 0 spiro atoms. The van der Waals surface area contributed by atoms with Crippen LogP contribution >= 0.6 is 24.0 Å². The van der Waals surface area contributed by atoms with Gasteiger partial charge in [-0.15, -0.1) is 24.0 Å². The lowest BCUT2D eigenvalue weighted by atomic mass is 10.0. The second-order valence-electron chi connectivity index (χ2n) is 6.89. The Morgan fingerprint density at radius 2 is 1.74 bits per heavy atom. The molecule has 5 nitrogen and oxygen atoms in total. The van der Waals surface area contributed by atoms with Crippen LogP contribution < -0.4 is 16.0 Å². The predicted octanol–water partition coefficient (Wildman–Crippen LogP) is 3.00. The van der Waals surface area contributed by atoms with Crippen LogP contribution in [0.1, 0.15) is 54.9 Å². The Hall–Kier alpha value is -0.0800. The molecule has 0 radical (unpaired) electrons. The summed E-state index contributed by atoms with van der Waals surface area (Å²) in [4.78, 5) is 4.64. The second-order valence-corrected chi connectivity index (χ2v) is 6.89. The van der Waals surface area contributed by atoms with Crippen LogP contribution in [0.15, 0.2) is 4.99 Å². The highest BCUT2D eigenvalue weighted by Gasteiger charge is 2.12. The van der Waals surface area contributed by atoms with Crippen LogP contribution in [-0.4, -0.2) is 50.4 Å². The van der Waals surface area contributed by atoms with Crippen molar-refractivity contribution in [3.63, 3.8) is 0 Å². The summed E-state index contributed by atoms with van der Waals surface area (Å²) in [5, 5.41) is 10.1. The average Bonchev–Trinajstić information content (AvgIpc) is 2.41. The van der Waals surface area contributed by atoms with Crippen molar-refractivity contribution < 1.29 is 4.74 Å². The monoisotopic (exact) mass is 442 g/mol. The molecule has 0 aliphatic heterocycles. The molecule has 0 aromatic heterocycles. The van der Waals surface area contributed by atoms with Crippen molar-refractivity contribution in [3.05, 3.63) is 0 Å². The van der Waals surface area contributed by atoms with Crippen LogP contribution in [0.4, 0.5) is 0 Å².